The molecule has 2 atom stereocenters. The minimum absolute atomic E-state index is 0.0233. The van der Waals surface area contributed by atoms with E-state index in [1.54, 1.807) is 6.92 Å². The van der Waals surface area contributed by atoms with E-state index in [0.717, 1.165) is 0 Å². The Labute approximate surface area is 66.8 Å². The first-order valence-corrected chi connectivity index (χ1v) is 3.35. The number of hydrogen-bond donors (Lipinski definition) is 2. The molecule has 0 aliphatic rings. The number of hydrogen-bond acceptors (Lipinski definition) is 2. The van der Waals surface area contributed by atoms with Gasteiger partial charge in [0.2, 0.25) is 0 Å². The Morgan fingerprint density at radius 2 is 2.45 bits per heavy atom. The molecule has 5 heteroatoms. The fourth-order valence-electron chi connectivity index (χ4n) is 0.342. The molecule has 0 saturated carbocycles. The van der Waals surface area contributed by atoms with Crippen molar-refractivity contribution in [1.29, 1.82) is 0 Å². The Kier molecular flexibility index (Phi) is 3.96. The zero-order chi connectivity index (χ0) is 8.91. The third kappa shape index (κ3) is 7.19. The van der Waals surface area contributed by atoms with Crippen LogP contribution in [0.3, 0.4) is 0 Å². The van der Waals surface area contributed by atoms with Gasteiger partial charge in [0.1, 0.15) is 0 Å². The first-order valence-electron chi connectivity index (χ1n) is 3.35. The molecule has 0 rings (SSSR count). The summed E-state index contributed by atoms with van der Waals surface area (Å²) in [5.41, 5.74) is 4.97. The van der Waals surface area contributed by atoms with E-state index in [-0.39, 0.29) is 5.94 Å². The van der Waals surface area contributed by atoms with Gasteiger partial charge in [-0.05, 0) is 0 Å². The van der Waals surface area contributed by atoms with Gasteiger partial charge >= 0.3 is 65.9 Å². The van der Waals surface area contributed by atoms with Gasteiger partial charge in [-0.1, -0.05) is 0 Å². The molecule has 0 bridgehead atoms. The van der Waals surface area contributed by atoms with Gasteiger partial charge in [0.25, 0.3) is 0 Å². The number of alkyl halides is 1. The summed E-state index contributed by atoms with van der Waals surface area (Å²) in [5.74, 6) is -1.92. The molecule has 0 aliphatic heterocycles. The second-order valence-corrected chi connectivity index (χ2v) is 2.47. The van der Waals surface area contributed by atoms with Gasteiger partial charge in [-0.25, -0.2) is 0 Å². The van der Waals surface area contributed by atoms with Gasteiger partial charge in [0.05, 0.1) is 0 Å². The molecule has 0 fully saturated rings. The van der Waals surface area contributed by atoms with Crippen molar-refractivity contribution in [3.63, 3.8) is 0 Å². The van der Waals surface area contributed by atoms with E-state index in [1.165, 1.54) is 13.3 Å². The second kappa shape index (κ2) is 4.23. The summed E-state index contributed by atoms with van der Waals surface area (Å²) in [7, 11) is 0. The summed E-state index contributed by atoms with van der Waals surface area (Å²) in [6.45, 7) is 8.19. The third-order valence-corrected chi connectivity index (χ3v) is 0.998. The molecule has 0 spiro atoms. The quantitative estimate of drug-likeness (QED) is 0.193. The van der Waals surface area contributed by atoms with E-state index < -0.39 is 5.92 Å². The SMILES string of the molecule is C=BC(C)N=CNC(C)(N)F. The van der Waals surface area contributed by atoms with Crippen molar-refractivity contribution in [2.75, 3.05) is 0 Å². The van der Waals surface area contributed by atoms with Gasteiger partial charge < -0.3 is 0 Å². The number of rotatable bonds is 4. The van der Waals surface area contributed by atoms with Crippen LogP contribution < -0.4 is 11.1 Å². The first kappa shape index (κ1) is 10.3. The van der Waals surface area contributed by atoms with Crippen LogP contribution in [-0.4, -0.2) is 31.6 Å². The van der Waals surface area contributed by atoms with E-state index in [0.29, 0.717) is 0 Å². The number of nitrogens with two attached hydrogens (primary N) is 1. The standard InChI is InChI=1S/C6H13BFN3/c1-5(7-3)10-4-11-6(2,8)9/h4-5H,3,9H2,1-2H3,(H,10,11). The van der Waals surface area contributed by atoms with Crippen molar-refractivity contribution >= 4 is 19.7 Å². The Morgan fingerprint density at radius 3 is 2.82 bits per heavy atom. The fraction of sp³-hybridized carbons (Fsp3) is 0.667. The molecule has 0 amide bonds. The molecule has 62 valence electrons. The Hall–Kier alpha value is -0.705. The molecule has 3 nitrogen and oxygen atoms in total. The number of aliphatic imine (C=N–C) groups is 1. The van der Waals surface area contributed by atoms with Crippen LogP contribution in [0.1, 0.15) is 13.8 Å². The van der Waals surface area contributed by atoms with Gasteiger partial charge in [0, 0.05) is 0 Å². The van der Waals surface area contributed by atoms with Crippen molar-refractivity contribution in [3.05, 3.63) is 0 Å². The number of halogens is 1. The van der Waals surface area contributed by atoms with Crippen LogP contribution in [0.5, 0.6) is 0 Å². The molecule has 0 aromatic heterocycles. The molecule has 0 radical (unpaired) electrons. The maximum absolute atomic E-state index is 12.5. The van der Waals surface area contributed by atoms with E-state index in [1.807, 2.05) is 6.92 Å². The minimum atomic E-state index is -1.90. The zero-order valence-electron chi connectivity index (χ0n) is 6.84. The summed E-state index contributed by atoms with van der Waals surface area (Å²) in [6, 6.07) is 0. The molecule has 11 heavy (non-hydrogen) atoms. The van der Waals surface area contributed by atoms with Gasteiger partial charge in [-0.3, -0.25) is 0 Å². The second-order valence-electron chi connectivity index (χ2n) is 2.47. The van der Waals surface area contributed by atoms with Crippen molar-refractivity contribution in [2.24, 2.45) is 10.7 Å². The molecule has 0 aromatic rings. The van der Waals surface area contributed by atoms with Gasteiger partial charge in [0.15, 0.2) is 0 Å². The number of nitrogens with one attached hydrogen (secondary N) is 1. The van der Waals surface area contributed by atoms with E-state index in [2.05, 4.69) is 16.8 Å². The van der Waals surface area contributed by atoms with Crippen LogP contribution in [0.25, 0.3) is 0 Å². The van der Waals surface area contributed by atoms with Gasteiger partial charge in [-0.2, -0.15) is 0 Å². The molecule has 0 aromatic carbocycles. The predicted molar refractivity (Wildman–Crippen MR) is 47.7 cm³/mol. The predicted octanol–water partition coefficient (Wildman–Crippen LogP) is -0.312. The fourth-order valence-corrected chi connectivity index (χ4v) is 0.342. The van der Waals surface area contributed by atoms with Crippen LogP contribution >= 0.6 is 0 Å². The summed E-state index contributed by atoms with van der Waals surface area (Å²) < 4.78 is 12.5. The number of nitrogens with zero attached hydrogens (tertiary/aromatic N) is 1. The molecule has 0 aliphatic carbocycles. The van der Waals surface area contributed by atoms with Crippen LogP contribution in [0.2, 0.25) is 0 Å². The van der Waals surface area contributed by atoms with Crippen molar-refractivity contribution in [2.45, 2.75) is 25.7 Å². The normalized spacial score (nSPS) is 18.9. The summed E-state index contributed by atoms with van der Waals surface area (Å²) >= 11 is 0. The first-order chi connectivity index (χ1) is 4.95. The molecule has 0 saturated heterocycles. The van der Waals surface area contributed by atoms with Crippen molar-refractivity contribution < 1.29 is 4.39 Å². The molecule has 0 heterocycles. The van der Waals surface area contributed by atoms with E-state index in [4.69, 9.17) is 5.73 Å². The average molecular weight is 157 g/mol. The molecule has 3 N–H and O–H groups in total. The third-order valence-electron chi connectivity index (χ3n) is 0.998. The molecule has 2 unspecified atom stereocenters. The zero-order valence-corrected chi connectivity index (χ0v) is 6.84. The van der Waals surface area contributed by atoms with Gasteiger partial charge in [-0.15, -0.1) is 0 Å². The summed E-state index contributed by atoms with van der Waals surface area (Å²) in [5, 5.41) is 2.26. The topological polar surface area (TPSA) is 50.4 Å². The van der Waals surface area contributed by atoms with Crippen LogP contribution in [0.4, 0.5) is 4.39 Å². The van der Waals surface area contributed by atoms with Crippen molar-refractivity contribution in [1.82, 2.24) is 5.32 Å². The molecular weight excluding hydrogens is 144 g/mol. The Bertz CT molecular complexity index is 152. The van der Waals surface area contributed by atoms with E-state index >= 15 is 0 Å². The monoisotopic (exact) mass is 157 g/mol. The maximum atomic E-state index is 12.5. The van der Waals surface area contributed by atoms with E-state index in [9.17, 15) is 4.39 Å². The van der Waals surface area contributed by atoms with Crippen LogP contribution in [0.15, 0.2) is 4.99 Å². The van der Waals surface area contributed by atoms with Crippen LogP contribution in [-0.2, 0) is 0 Å². The Morgan fingerprint density at radius 1 is 1.91 bits per heavy atom. The van der Waals surface area contributed by atoms with Crippen molar-refractivity contribution in [3.8, 4) is 0 Å². The summed E-state index contributed by atoms with van der Waals surface area (Å²) in [6.07, 6.45) is 1.24. The summed E-state index contributed by atoms with van der Waals surface area (Å²) in [4.78, 5) is 3.85. The molecular formula is C6H13BFN3. The average Bonchev–Trinajstić information content (AvgIpc) is 1.85. The Balaban J connectivity index is 3.69. The van der Waals surface area contributed by atoms with Crippen LogP contribution in [0, 0.1) is 0 Å².